The van der Waals surface area contributed by atoms with Crippen LogP contribution in [0.5, 0.6) is 0 Å². The number of aromatic nitrogens is 3. The summed E-state index contributed by atoms with van der Waals surface area (Å²) < 4.78 is 4.81. The molecule has 152 valence electrons. The summed E-state index contributed by atoms with van der Waals surface area (Å²) in [7, 11) is 1.26. The standard InChI is InChI=1S/C20H23N5O4/c1-12(26)24-17(7-13-9-22-16-6-4-3-5-15(13)16)19(27)25-18(20(28)29-2)8-14-10-21-11-23-14/h3-6,9-11,17-18,22H,7-8H2,1-2H3,(H,21,23)(H,24,26)(H,25,27)/t17?,18-/m0/s1. The molecule has 0 radical (unpaired) electrons. The number of methoxy groups -OCH3 is 1. The molecular weight excluding hydrogens is 374 g/mol. The van der Waals surface area contributed by atoms with Gasteiger partial charge in [0, 0.05) is 48.8 Å². The van der Waals surface area contributed by atoms with Gasteiger partial charge < -0.3 is 25.3 Å². The molecule has 4 N–H and O–H groups in total. The number of imidazole rings is 1. The lowest BCUT2D eigenvalue weighted by Crippen LogP contribution is -2.53. The van der Waals surface area contributed by atoms with Crippen LogP contribution in [0.15, 0.2) is 43.0 Å². The number of esters is 1. The number of para-hydroxylation sites is 1. The zero-order valence-electron chi connectivity index (χ0n) is 16.2. The third kappa shape index (κ3) is 5.01. The van der Waals surface area contributed by atoms with E-state index in [1.54, 1.807) is 6.20 Å². The van der Waals surface area contributed by atoms with E-state index in [9.17, 15) is 14.4 Å². The van der Waals surface area contributed by atoms with Crippen LogP contribution in [0.25, 0.3) is 10.9 Å². The second-order valence-corrected chi connectivity index (χ2v) is 6.68. The molecule has 0 spiro atoms. The van der Waals surface area contributed by atoms with E-state index in [1.807, 2.05) is 30.5 Å². The summed E-state index contributed by atoms with van der Waals surface area (Å²) in [5.74, 6) is -1.39. The van der Waals surface area contributed by atoms with Crippen molar-refractivity contribution in [3.8, 4) is 0 Å². The maximum absolute atomic E-state index is 12.9. The Balaban J connectivity index is 1.78. The van der Waals surface area contributed by atoms with Gasteiger partial charge in [-0.1, -0.05) is 18.2 Å². The number of carbonyl (C=O) groups is 3. The van der Waals surface area contributed by atoms with Gasteiger partial charge in [0.1, 0.15) is 12.1 Å². The molecule has 2 heterocycles. The number of H-pyrrole nitrogens is 2. The van der Waals surface area contributed by atoms with Gasteiger partial charge in [0.15, 0.2) is 0 Å². The Morgan fingerprint density at radius 3 is 2.59 bits per heavy atom. The van der Waals surface area contributed by atoms with E-state index in [0.29, 0.717) is 5.69 Å². The van der Waals surface area contributed by atoms with E-state index >= 15 is 0 Å². The second-order valence-electron chi connectivity index (χ2n) is 6.68. The van der Waals surface area contributed by atoms with Gasteiger partial charge in [-0.15, -0.1) is 0 Å². The van der Waals surface area contributed by atoms with Crippen molar-refractivity contribution in [3.63, 3.8) is 0 Å². The zero-order valence-corrected chi connectivity index (χ0v) is 16.2. The zero-order chi connectivity index (χ0) is 20.8. The molecule has 3 aromatic rings. The van der Waals surface area contributed by atoms with Gasteiger partial charge >= 0.3 is 5.97 Å². The molecule has 29 heavy (non-hydrogen) atoms. The highest BCUT2D eigenvalue weighted by Gasteiger charge is 2.28. The summed E-state index contributed by atoms with van der Waals surface area (Å²) in [4.78, 5) is 46.7. The van der Waals surface area contributed by atoms with Crippen molar-refractivity contribution in [1.82, 2.24) is 25.6 Å². The van der Waals surface area contributed by atoms with E-state index in [-0.39, 0.29) is 18.7 Å². The number of rotatable bonds is 8. The van der Waals surface area contributed by atoms with Crippen molar-refractivity contribution in [2.24, 2.45) is 0 Å². The predicted octanol–water partition coefficient (Wildman–Crippen LogP) is 0.839. The molecule has 0 aliphatic heterocycles. The second kappa shape index (κ2) is 9.05. The van der Waals surface area contributed by atoms with Gasteiger partial charge in [0.05, 0.1) is 13.4 Å². The lowest BCUT2D eigenvalue weighted by Gasteiger charge is -2.21. The smallest absolute Gasteiger partial charge is 0.328 e. The fourth-order valence-electron chi connectivity index (χ4n) is 3.20. The van der Waals surface area contributed by atoms with Crippen molar-refractivity contribution >= 4 is 28.7 Å². The Morgan fingerprint density at radius 2 is 1.90 bits per heavy atom. The first kappa shape index (κ1) is 20.1. The van der Waals surface area contributed by atoms with Crippen molar-refractivity contribution in [1.29, 1.82) is 0 Å². The summed E-state index contributed by atoms with van der Waals surface area (Å²) in [5.41, 5.74) is 2.50. The quantitative estimate of drug-likeness (QED) is 0.419. The monoisotopic (exact) mass is 397 g/mol. The largest absolute Gasteiger partial charge is 0.467 e. The first-order valence-corrected chi connectivity index (χ1v) is 9.15. The van der Waals surface area contributed by atoms with Crippen molar-refractivity contribution in [2.75, 3.05) is 7.11 Å². The maximum atomic E-state index is 12.9. The summed E-state index contributed by atoms with van der Waals surface area (Å²) in [6.45, 7) is 1.35. The Labute approximate surface area is 167 Å². The first-order chi connectivity index (χ1) is 14.0. The van der Waals surface area contributed by atoms with Gasteiger partial charge in [-0.3, -0.25) is 9.59 Å². The molecule has 9 nitrogen and oxygen atoms in total. The molecule has 0 aliphatic carbocycles. The van der Waals surface area contributed by atoms with Crippen LogP contribution in [-0.2, 0) is 32.0 Å². The van der Waals surface area contributed by atoms with Crippen molar-refractivity contribution in [2.45, 2.75) is 31.8 Å². The molecule has 2 amide bonds. The highest BCUT2D eigenvalue weighted by Crippen LogP contribution is 2.19. The minimum absolute atomic E-state index is 0.193. The number of benzene rings is 1. The van der Waals surface area contributed by atoms with Crippen molar-refractivity contribution < 1.29 is 19.1 Å². The Kier molecular flexibility index (Phi) is 6.28. The van der Waals surface area contributed by atoms with E-state index in [1.165, 1.54) is 20.4 Å². The predicted molar refractivity (Wildman–Crippen MR) is 106 cm³/mol. The highest BCUT2D eigenvalue weighted by atomic mass is 16.5. The topological polar surface area (TPSA) is 129 Å². The molecule has 1 aromatic carbocycles. The third-order valence-electron chi connectivity index (χ3n) is 4.57. The van der Waals surface area contributed by atoms with Gasteiger partial charge in [-0.2, -0.15) is 0 Å². The molecule has 0 fully saturated rings. The van der Waals surface area contributed by atoms with Gasteiger partial charge in [0.25, 0.3) is 0 Å². The molecule has 2 atom stereocenters. The molecule has 2 aromatic heterocycles. The lowest BCUT2D eigenvalue weighted by molar-refractivity contribution is -0.145. The number of ether oxygens (including phenoxy) is 1. The number of nitrogens with one attached hydrogen (secondary N) is 4. The van der Waals surface area contributed by atoms with Crippen LogP contribution in [0.3, 0.4) is 0 Å². The molecule has 1 unspecified atom stereocenters. The fourth-order valence-corrected chi connectivity index (χ4v) is 3.20. The normalized spacial score (nSPS) is 12.9. The average Bonchev–Trinajstić information content (AvgIpc) is 3.36. The summed E-state index contributed by atoms with van der Waals surface area (Å²) >= 11 is 0. The van der Waals surface area contributed by atoms with Crippen molar-refractivity contribution in [3.05, 3.63) is 54.2 Å². The van der Waals surface area contributed by atoms with E-state index in [0.717, 1.165) is 16.5 Å². The van der Waals surface area contributed by atoms with E-state index in [2.05, 4.69) is 25.6 Å². The minimum atomic E-state index is -0.910. The van der Waals surface area contributed by atoms with Gasteiger partial charge in [0.2, 0.25) is 11.8 Å². The van der Waals surface area contributed by atoms with Crippen LogP contribution < -0.4 is 10.6 Å². The third-order valence-corrected chi connectivity index (χ3v) is 4.57. The molecule has 3 rings (SSSR count). The van der Waals surface area contributed by atoms with Crippen LogP contribution in [0.1, 0.15) is 18.2 Å². The maximum Gasteiger partial charge on any atom is 0.328 e. The minimum Gasteiger partial charge on any atom is -0.467 e. The number of hydrogen-bond donors (Lipinski definition) is 4. The van der Waals surface area contributed by atoms with Crippen LogP contribution in [0.4, 0.5) is 0 Å². The molecule has 0 bridgehead atoms. The van der Waals surface area contributed by atoms with E-state index in [4.69, 9.17) is 4.74 Å². The highest BCUT2D eigenvalue weighted by molar-refractivity contribution is 5.91. The summed E-state index contributed by atoms with van der Waals surface area (Å²) in [6.07, 6.45) is 5.34. The SMILES string of the molecule is COC(=O)[C@H](Cc1cnc[nH]1)NC(=O)C(Cc1c[nH]c2ccccc12)NC(C)=O. The Bertz CT molecular complexity index is 995. The molecular formula is C20H23N5O4. The van der Waals surface area contributed by atoms with Gasteiger partial charge in [-0.25, -0.2) is 9.78 Å². The van der Waals surface area contributed by atoms with Crippen LogP contribution in [-0.4, -0.2) is 51.9 Å². The number of hydrogen-bond acceptors (Lipinski definition) is 5. The van der Waals surface area contributed by atoms with E-state index < -0.39 is 24.0 Å². The van der Waals surface area contributed by atoms with Crippen LogP contribution in [0.2, 0.25) is 0 Å². The van der Waals surface area contributed by atoms with Crippen LogP contribution in [0, 0.1) is 0 Å². The number of amides is 2. The summed E-state index contributed by atoms with van der Waals surface area (Å²) in [6, 6.07) is 5.94. The number of nitrogens with zero attached hydrogens (tertiary/aromatic N) is 1. The molecule has 0 saturated heterocycles. The van der Waals surface area contributed by atoms with Gasteiger partial charge in [-0.05, 0) is 11.6 Å². The lowest BCUT2D eigenvalue weighted by atomic mass is 10.0. The molecule has 0 aliphatic rings. The first-order valence-electron chi connectivity index (χ1n) is 9.15. The molecule has 9 heteroatoms. The Morgan fingerprint density at radius 1 is 1.10 bits per heavy atom. The number of carbonyl (C=O) groups excluding carboxylic acids is 3. The number of aromatic amines is 2. The number of fused-ring (bicyclic) bond motifs is 1. The summed E-state index contributed by atoms with van der Waals surface area (Å²) in [5, 5.41) is 6.32. The van der Waals surface area contributed by atoms with Crippen LogP contribution >= 0.6 is 0 Å². The Hall–Kier alpha value is -3.62. The fraction of sp³-hybridized carbons (Fsp3) is 0.300. The molecule has 0 saturated carbocycles. The average molecular weight is 397 g/mol.